The fourth-order valence-electron chi connectivity index (χ4n) is 8.86. The Balaban J connectivity index is 0.864. The third-order valence-corrected chi connectivity index (χ3v) is 13.3. The van der Waals surface area contributed by atoms with Gasteiger partial charge in [0.2, 0.25) is 17.7 Å². The SMILES string of the molecule is COc1ccc(/C=C2\CN(C(=O)[C@H](Cc3ccccc3)NC(=O)CCCCCCNC(=O)CNc3cc(C(=O)NC[C@H](O)CN4CCc5ccccc5C4)ncn3)C/C(=C\c3ccc(OC)c(Cl)c3)C2=O)cc1Cl. The Bertz CT molecular complexity index is 2770. The zero-order chi connectivity index (χ0) is 52.4. The number of anilines is 1. The first kappa shape index (κ1) is 54.7. The molecule has 16 nitrogen and oxygen atoms in total. The fourth-order valence-corrected chi connectivity index (χ4v) is 9.39. The highest BCUT2D eigenvalue weighted by Gasteiger charge is 2.34. The van der Waals surface area contributed by atoms with Crippen LogP contribution in [-0.2, 0) is 38.6 Å². The normalized spacial score (nSPS) is 15.5. The van der Waals surface area contributed by atoms with Crippen molar-refractivity contribution in [2.75, 3.05) is 65.3 Å². The van der Waals surface area contributed by atoms with Crippen molar-refractivity contribution in [2.45, 2.75) is 63.6 Å². The Kier molecular flexibility index (Phi) is 20.1. The predicted octanol–water partition coefficient (Wildman–Crippen LogP) is 6.73. The van der Waals surface area contributed by atoms with E-state index in [0.717, 1.165) is 37.9 Å². The number of halogens is 2. The van der Waals surface area contributed by atoms with Crippen molar-refractivity contribution in [1.82, 2.24) is 35.7 Å². The molecular weight excluding hydrogens is 984 g/mol. The summed E-state index contributed by atoms with van der Waals surface area (Å²) in [6, 6.07) is 28.6. The highest BCUT2D eigenvalue weighted by Crippen LogP contribution is 2.30. The minimum Gasteiger partial charge on any atom is -0.495 e. The van der Waals surface area contributed by atoms with Crippen molar-refractivity contribution in [3.8, 4) is 11.5 Å². The number of amides is 4. The number of piperidine rings is 1. The zero-order valence-electron chi connectivity index (χ0n) is 41.6. The van der Waals surface area contributed by atoms with Gasteiger partial charge in [0.15, 0.2) is 5.78 Å². The number of carbonyl (C=O) groups is 5. The van der Waals surface area contributed by atoms with E-state index in [1.54, 1.807) is 53.5 Å². The molecule has 0 bridgehead atoms. The summed E-state index contributed by atoms with van der Waals surface area (Å²) in [4.78, 5) is 79.7. The number of ketones is 1. The van der Waals surface area contributed by atoms with E-state index >= 15 is 0 Å². The number of ether oxygens (including phenoxy) is 2. The molecule has 4 amide bonds. The maximum Gasteiger partial charge on any atom is 0.270 e. The number of aliphatic hydroxyl groups is 1. The first-order valence-electron chi connectivity index (χ1n) is 24.7. The predicted molar refractivity (Wildman–Crippen MR) is 286 cm³/mol. The number of aromatic nitrogens is 2. The van der Waals surface area contributed by atoms with Crippen LogP contribution in [0.25, 0.3) is 12.2 Å². The molecule has 0 aliphatic carbocycles. The number of hydrogen-bond donors (Lipinski definition) is 5. The van der Waals surface area contributed by atoms with Gasteiger partial charge < -0.3 is 40.7 Å². The summed E-state index contributed by atoms with van der Waals surface area (Å²) >= 11 is 12.9. The smallest absolute Gasteiger partial charge is 0.270 e. The van der Waals surface area contributed by atoms with Crippen LogP contribution in [0.5, 0.6) is 11.5 Å². The minimum absolute atomic E-state index is 0.00114. The summed E-state index contributed by atoms with van der Waals surface area (Å²) in [5.41, 5.74) is 5.56. The molecule has 3 heterocycles. The van der Waals surface area contributed by atoms with Gasteiger partial charge >= 0.3 is 0 Å². The Labute approximate surface area is 441 Å². The van der Waals surface area contributed by atoms with E-state index in [1.165, 1.54) is 37.7 Å². The highest BCUT2D eigenvalue weighted by molar-refractivity contribution is 6.32. The second-order valence-electron chi connectivity index (χ2n) is 18.2. The molecule has 18 heteroatoms. The van der Waals surface area contributed by atoms with Crippen LogP contribution in [0.4, 0.5) is 5.82 Å². The molecule has 74 heavy (non-hydrogen) atoms. The zero-order valence-corrected chi connectivity index (χ0v) is 43.1. The van der Waals surface area contributed by atoms with Gasteiger partial charge in [-0.3, -0.25) is 28.9 Å². The number of benzene rings is 4. The number of β-amino-alcohol motifs (C(OH)–C–C–N with tert-alkyl or cyclic N) is 1. The number of nitrogens with one attached hydrogen (secondary N) is 4. The minimum atomic E-state index is -0.922. The van der Waals surface area contributed by atoms with Crippen LogP contribution in [0.2, 0.25) is 10.0 Å². The Morgan fingerprint density at radius 1 is 0.757 bits per heavy atom. The molecule has 2 atom stereocenters. The average Bonchev–Trinajstić information content (AvgIpc) is 3.40. The van der Waals surface area contributed by atoms with E-state index in [1.807, 2.05) is 42.5 Å². The maximum atomic E-state index is 14.6. The Morgan fingerprint density at radius 2 is 1.41 bits per heavy atom. The van der Waals surface area contributed by atoms with Crippen molar-refractivity contribution in [3.05, 3.63) is 158 Å². The number of aliphatic hydroxyl groups excluding tert-OH is 1. The van der Waals surface area contributed by atoms with Gasteiger partial charge in [-0.15, -0.1) is 0 Å². The standard InChI is InChI=1S/C56H62Cl2N8O8/c1-73-49-19-17-38(26-45(49)57)24-42-33-66(34-43(54(42)70)25-39-18-20-50(74-2)46(58)27-39)56(72)48(28-37-12-6-5-7-13-37)64-52(68)16-8-3-4-11-22-59-53(69)31-60-51-29-47(62-36-63-51)55(71)61-30-44(67)35-65-23-21-40-14-9-10-15-41(40)32-65/h5-7,9-10,12-15,17-20,24-27,29,36,44,48,67H,3-4,8,11,16,21-23,28,30-35H2,1-2H3,(H,59,69)(H,61,71)(H,64,68)(H,60,62,63)/b42-24+,43-25+/t44-,48-/m0/s1. The number of rotatable bonds is 23. The number of unbranched alkanes of at least 4 members (excludes halogenated alkanes) is 3. The number of methoxy groups -OCH3 is 2. The second-order valence-corrected chi connectivity index (χ2v) is 19.0. The highest BCUT2D eigenvalue weighted by atomic mass is 35.5. The molecule has 5 N–H and O–H groups in total. The quantitative estimate of drug-likeness (QED) is 0.0341. The number of carbonyl (C=O) groups excluding carboxylic acids is 5. The third-order valence-electron chi connectivity index (χ3n) is 12.7. The summed E-state index contributed by atoms with van der Waals surface area (Å²) in [6.45, 7) is 2.43. The summed E-state index contributed by atoms with van der Waals surface area (Å²) in [7, 11) is 3.03. The summed E-state index contributed by atoms with van der Waals surface area (Å²) < 4.78 is 10.6. The van der Waals surface area contributed by atoms with Gasteiger partial charge in [0.05, 0.1) is 36.9 Å². The fraction of sp³-hybridized carbons (Fsp3) is 0.339. The molecule has 7 rings (SSSR count). The van der Waals surface area contributed by atoms with Gasteiger partial charge in [-0.25, -0.2) is 9.97 Å². The van der Waals surface area contributed by atoms with E-state index in [0.29, 0.717) is 75.6 Å². The lowest BCUT2D eigenvalue weighted by molar-refractivity contribution is -0.136. The van der Waals surface area contributed by atoms with Crippen LogP contribution < -0.4 is 30.7 Å². The first-order valence-corrected chi connectivity index (χ1v) is 25.4. The Morgan fingerprint density at radius 3 is 2.07 bits per heavy atom. The first-order chi connectivity index (χ1) is 35.8. The molecule has 4 aromatic carbocycles. The van der Waals surface area contributed by atoms with E-state index in [2.05, 4.69) is 48.3 Å². The largest absolute Gasteiger partial charge is 0.495 e. The van der Waals surface area contributed by atoms with Crippen molar-refractivity contribution < 1.29 is 38.6 Å². The van der Waals surface area contributed by atoms with E-state index in [9.17, 15) is 29.1 Å². The van der Waals surface area contributed by atoms with Gasteiger partial charge in [0.1, 0.15) is 35.4 Å². The van der Waals surface area contributed by atoms with Gasteiger partial charge in [-0.1, -0.05) is 103 Å². The molecule has 0 radical (unpaired) electrons. The molecule has 0 spiro atoms. The topological polar surface area (TPSA) is 204 Å². The Hall–Kier alpha value is -7.11. The summed E-state index contributed by atoms with van der Waals surface area (Å²) in [5, 5.41) is 22.9. The van der Waals surface area contributed by atoms with E-state index < -0.39 is 18.1 Å². The average molecular weight is 1050 g/mol. The van der Waals surface area contributed by atoms with Crippen LogP contribution >= 0.6 is 23.2 Å². The summed E-state index contributed by atoms with van der Waals surface area (Å²) in [5.74, 6) is -0.309. The van der Waals surface area contributed by atoms with E-state index in [4.69, 9.17) is 32.7 Å². The van der Waals surface area contributed by atoms with Gasteiger partial charge in [0.25, 0.3) is 5.91 Å². The molecule has 0 unspecified atom stereocenters. The third kappa shape index (κ3) is 15.9. The van der Waals surface area contributed by atoms with Crippen molar-refractivity contribution in [3.63, 3.8) is 0 Å². The second kappa shape index (κ2) is 27.3. The van der Waals surface area contributed by atoms with Gasteiger partial charge in [-0.2, -0.15) is 0 Å². The van der Waals surface area contributed by atoms with Crippen LogP contribution in [0.3, 0.4) is 0 Å². The molecule has 2 aliphatic rings. The number of likely N-dealkylation sites (tertiary alicyclic amines) is 1. The van der Waals surface area contributed by atoms with Crippen LogP contribution in [0.1, 0.15) is 70.4 Å². The lowest BCUT2D eigenvalue weighted by Gasteiger charge is -2.33. The molecule has 1 aromatic heterocycles. The monoisotopic (exact) mass is 1040 g/mol. The number of Topliss-reactive ketones (excluding diaryl/α,β-unsaturated/α-hetero) is 1. The molecule has 1 fully saturated rings. The molecule has 2 aliphatic heterocycles. The number of nitrogens with zero attached hydrogens (tertiary/aromatic N) is 4. The molecule has 388 valence electrons. The van der Waals surface area contributed by atoms with Crippen molar-refractivity contribution >= 4 is 70.6 Å². The van der Waals surface area contributed by atoms with Crippen LogP contribution in [0.15, 0.2) is 115 Å². The van der Waals surface area contributed by atoms with Gasteiger partial charge in [-0.05, 0) is 83.5 Å². The van der Waals surface area contributed by atoms with Crippen LogP contribution in [-0.4, -0.2) is 126 Å². The van der Waals surface area contributed by atoms with Crippen molar-refractivity contribution in [1.29, 1.82) is 0 Å². The molecular formula is C56H62Cl2N8O8. The van der Waals surface area contributed by atoms with Crippen LogP contribution in [0, 0.1) is 0 Å². The number of hydrogen-bond acceptors (Lipinski definition) is 12. The van der Waals surface area contributed by atoms with Crippen molar-refractivity contribution in [2.24, 2.45) is 0 Å². The number of fused-ring (bicyclic) bond motifs is 1. The lowest BCUT2D eigenvalue weighted by Crippen LogP contribution is -2.52. The maximum absolute atomic E-state index is 14.6. The van der Waals surface area contributed by atoms with Gasteiger partial charge in [0, 0.05) is 75.9 Å². The van der Waals surface area contributed by atoms with E-state index in [-0.39, 0.29) is 68.2 Å². The molecule has 1 saturated heterocycles. The molecule has 5 aromatic rings. The summed E-state index contributed by atoms with van der Waals surface area (Å²) in [6.07, 6.45) is 7.95. The lowest BCUT2D eigenvalue weighted by atomic mass is 9.93. The molecule has 0 saturated carbocycles.